The summed E-state index contributed by atoms with van der Waals surface area (Å²) in [4.78, 5) is 11.9. The SMILES string of the molecule is Cn1nccc1-c1ccc(CNC(=O)C2CCCC2)o1. The lowest BCUT2D eigenvalue weighted by atomic mass is 10.1. The Kier molecular flexibility index (Phi) is 3.58. The average Bonchev–Trinajstić information content (AvgIpc) is 3.17. The number of carbonyl (C=O) groups excluding carboxylic acids is 1. The highest BCUT2D eigenvalue weighted by atomic mass is 16.3. The Morgan fingerprint density at radius 2 is 2.20 bits per heavy atom. The quantitative estimate of drug-likeness (QED) is 0.931. The van der Waals surface area contributed by atoms with Gasteiger partial charge in [0.15, 0.2) is 5.76 Å². The fraction of sp³-hybridized carbons (Fsp3) is 0.467. The van der Waals surface area contributed by atoms with Gasteiger partial charge in [-0.25, -0.2) is 0 Å². The van der Waals surface area contributed by atoms with Gasteiger partial charge in [0.25, 0.3) is 0 Å². The van der Waals surface area contributed by atoms with Crippen molar-refractivity contribution in [2.24, 2.45) is 13.0 Å². The first-order valence-electron chi connectivity index (χ1n) is 7.09. The number of carbonyl (C=O) groups is 1. The number of rotatable bonds is 4. The van der Waals surface area contributed by atoms with Crippen LogP contribution in [0.2, 0.25) is 0 Å². The third-order valence-electron chi connectivity index (χ3n) is 3.90. The predicted molar refractivity (Wildman–Crippen MR) is 74.7 cm³/mol. The first-order chi connectivity index (χ1) is 9.74. The molecule has 106 valence electrons. The van der Waals surface area contributed by atoms with E-state index >= 15 is 0 Å². The van der Waals surface area contributed by atoms with E-state index in [1.807, 2.05) is 25.2 Å². The average molecular weight is 273 g/mol. The lowest BCUT2D eigenvalue weighted by Gasteiger charge is -2.08. The number of aryl methyl sites for hydroxylation is 1. The van der Waals surface area contributed by atoms with Crippen molar-refractivity contribution in [1.29, 1.82) is 0 Å². The van der Waals surface area contributed by atoms with Crippen molar-refractivity contribution >= 4 is 5.91 Å². The summed E-state index contributed by atoms with van der Waals surface area (Å²) < 4.78 is 7.51. The largest absolute Gasteiger partial charge is 0.458 e. The molecule has 1 aliphatic rings. The molecule has 1 N–H and O–H groups in total. The van der Waals surface area contributed by atoms with Gasteiger partial charge in [-0.3, -0.25) is 9.48 Å². The first-order valence-corrected chi connectivity index (χ1v) is 7.09. The number of aromatic nitrogens is 2. The Hall–Kier alpha value is -2.04. The van der Waals surface area contributed by atoms with Gasteiger partial charge < -0.3 is 9.73 Å². The van der Waals surface area contributed by atoms with Crippen LogP contribution in [0.25, 0.3) is 11.5 Å². The van der Waals surface area contributed by atoms with Gasteiger partial charge in [-0.2, -0.15) is 5.10 Å². The van der Waals surface area contributed by atoms with E-state index in [4.69, 9.17) is 4.42 Å². The van der Waals surface area contributed by atoms with Crippen LogP contribution in [0.5, 0.6) is 0 Å². The van der Waals surface area contributed by atoms with Gasteiger partial charge in [-0.1, -0.05) is 12.8 Å². The summed E-state index contributed by atoms with van der Waals surface area (Å²) in [7, 11) is 1.87. The Morgan fingerprint density at radius 1 is 1.40 bits per heavy atom. The molecule has 2 aromatic rings. The van der Waals surface area contributed by atoms with Crippen LogP contribution in [0.15, 0.2) is 28.8 Å². The summed E-state index contributed by atoms with van der Waals surface area (Å²) >= 11 is 0. The van der Waals surface area contributed by atoms with E-state index in [2.05, 4.69) is 10.4 Å². The van der Waals surface area contributed by atoms with E-state index in [-0.39, 0.29) is 11.8 Å². The highest BCUT2D eigenvalue weighted by Crippen LogP contribution is 2.25. The van der Waals surface area contributed by atoms with E-state index in [0.29, 0.717) is 6.54 Å². The number of nitrogens with zero attached hydrogens (tertiary/aromatic N) is 2. The second-order valence-corrected chi connectivity index (χ2v) is 5.31. The Bertz CT molecular complexity index is 594. The molecule has 1 amide bonds. The first kappa shape index (κ1) is 13.0. The second kappa shape index (κ2) is 5.53. The molecule has 20 heavy (non-hydrogen) atoms. The molecule has 0 aliphatic heterocycles. The Balaban J connectivity index is 1.60. The molecule has 0 bridgehead atoms. The summed E-state index contributed by atoms with van der Waals surface area (Å²) in [5, 5.41) is 7.07. The number of hydrogen-bond donors (Lipinski definition) is 1. The van der Waals surface area contributed by atoms with Crippen LogP contribution in [-0.2, 0) is 18.4 Å². The van der Waals surface area contributed by atoms with Gasteiger partial charge in [0.2, 0.25) is 5.91 Å². The van der Waals surface area contributed by atoms with E-state index in [9.17, 15) is 4.79 Å². The molecule has 0 radical (unpaired) electrons. The molecule has 3 rings (SSSR count). The maximum absolute atomic E-state index is 11.9. The van der Waals surface area contributed by atoms with Crippen LogP contribution < -0.4 is 5.32 Å². The Labute approximate surface area is 118 Å². The zero-order valence-corrected chi connectivity index (χ0v) is 11.6. The van der Waals surface area contributed by atoms with Crippen LogP contribution in [0, 0.1) is 5.92 Å². The van der Waals surface area contributed by atoms with Crippen molar-refractivity contribution in [3.05, 3.63) is 30.2 Å². The third kappa shape index (κ3) is 2.61. The predicted octanol–water partition coefficient (Wildman–Crippen LogP) is 2.49. The lowest BCUT2D eigenvalue weighted by Crippen LogP contribution is -2.28. The standard InChI is InChI=1S/C15H19N3O2/c1-18-13(8-9-17-18)14-7-6-12(20-14)10-16-15(19)11-4-2-3-5-11/h6-9,11H,2-5,10H2,1H3,(H,16,19). The normalized spacial score (nSPS) is 15.7. The van der Waals surface area contributed by atoms with E-state index in [0.717, 1.165) is 30.1 Å². The maximum Gasteiger partial charge on any atom is 0.223 e. The highest BCUT2D eigenvalue weighted by molar-refractivity contribution is 5.78. The molecule has 0 atom stereocenters. The number of hydrogen-bond acceptors (Lipinski definition) is 3. The number of furan rings is 1. The van der Waals surface area contributed by atoms with E-state index < -0.39 is 0 Å². The van der Waals surface area contributed by atoms with Gasteiger partial charge >= 0.3 is 0 Å². The highest BCUT2D eigenvalue weighted by Gasteiger charge is 2.22. The molecule has 1 aliphatic carbocycles. The zero-order valence-electron chi connectivity index (χ0n) is 11.6. The molecular formula is C15H19N3O2. The minimum absolute atomic E-state index is 0.154. The lowest BCUT2D eigenvalue weighted by molar-refractivity contribution is -0.125. The molecule has 5 nitrogen and oxygen atoms in total. The molecule has 2 aromatic heterocycles. The van der Waals surface area contributed by atoms with Crippen molar-refractivity contribution in [3.63, 3.8) is 0 Å². The minimum atomic E-state index is 0.154. The molecule has 1 saturated carbocycles. The van der Waals surface area contributed by atoms with Gasteiger partial charge in [0.05, 0.1) is 6.54 Å². The molecule has 2 heterocycles. The molecular weight excluding hydrogens is 254 g/mol. The van der Waals surface area contributed by atoms with Crippen molar-refractivity contribution < 1.29 is 9.21 Å². The molecule has 0 unspecified atom stereocenters. The van der Waals surface area contributed by atoms with Crippen molar-refractivity contribution in [3.8, 4) is 11.5 Å². The maximum atomic E-state index is 11.9. The fourth-order valence-corrected chi connectivity index (χ4v) is 2.73. The van der Waals surface area contributed by atoms with E-state index in [1.54, 1.807) is 10.9 Å². The second-order valence-electron chi connectivity index (χ2n) is 5.31. The van der Waals surface area contributed by atoms with Crippen molar-refractivity contribution in [2.75, 3.05) is 0 Å². The van der Waals surface area contributed by atoms with Crippen molar-refractivity contribution in [1.82, 2.24) is 15.1 Å². The van der Waals surface area contributed by atoms with Crippen LogP contribution in [0.3, 0.4) is 0 Å². The molecule has 1 fully saturated rings. The fourth-order valence-electron chi connectivity index (χ4n) is 2.73. The number of nitrogens with one attached hydrogen (secondary N) is 1. The smallest absolute Gasteiger partial charge is 0.223 e. The van der Waals surface area contributed by atoms with Gasteiger partial charge in [0.1, 0.15) is 11.5 Å². The topological polar surface area (TPSA) is 60.1 Å². The summed E-state index contributed by atoms with van der Waals surface area (Å²) in [6.45, 7) is 0.452. The molecule has 0 spiro atoms. The molecule has 0 saturated heterocycles. The zero-order chi connectivity index (χ0) is 13.9. The summed E-state index contributed by atoms with van der Waals surface area (Å²) in [5.41, 5.74) is 0.929. The van der Waals surface area contributed by atoms with Crippen molar-refractivity contribution in [2.45, 2.75) is 32.2 Å². The van der Waals surface area contributed by atoms with Gasteiger partial charge in [-0.05, 0) is 31.0 Å². The molecule has 0 aromatic carbocycles. The summed E-state index contributed by atoms with van der Waals surface area (Å²) in [5.74, 6) is 1.89. The minimum Gasteiger partial charge on any atom is -0.458 e. The van der Waals surface area contributed by atoms with Crippen LogP contribution in [0.1, 0.15) is 31.4 Å². The van der Waals surface area contributed by atoms with Crippen LogP contribution in [0.4, 0.5) is 0 Å². The van der Waals surface area contributed by atoms with Crippen LogP contribution in [-0.4, -0.2) is 15.7 Å². The van der Waals surface area contributed by atoms with Gasteiger partial charge in [0, 0.05) is 19.2 Å². The Morgan fingerprint density at radius 3 is 2.90 bits per heavy atom. The van der Waals surface area contributed by atoms with E-state index in [1.165, 1.54) is 12.8 Å². The summed E-state index contributed by atoms with van der Waals surface area (Å²) in [6.07, 6.45) is 6.11. The molecule has 5 heteroatoms. The monoisotopic (exact) mass is 273 g/mol. The van der Waals surface area contributed by atoms with Crippen LogP contribution >= 0.6 is 0 Å². The van der Waals surface area contributed by atoms with Gasteiger partial charge in [-0.15, -0.1) is 0 Å². The summed E-state index contributed by atoms with van der Waals surface area (Å²) in [6, 6.07) is 5.71. The third-order valence-corrected chi connectivity index (χ3v) is 3.90. The number of amides is 1.